The van der Waals surface area contributed by atoms with Gasteiger partial charge in [0.25, 0.3) is 5.56 Å². The van der Waals surface area contributed by atoms with Gasteiger partial charge in [0.05, 0.1) is 18.4 Å². The largest absolute Gasteiger partial charge is 0.293 e. The molecule has 1 aromatic carbocycles. The van der Waals surface area contributed by atoms with Crippen molar-refractivity contribution in [2.75, 3.05) is 0 Å². The Kier molecular flexibility index (Phi) is 3.10. The number of thiophene rings is 1. The predicted molar refractivity (Wildman–Crippen MR) is 74.1 cm³/mol. The number of aryl methyl sites for hydroxylation is 1. The van der Waals surface area contributed by atoms with E-state index in [0.29, 0.717) is 10.2 Å². The second-order valence-corrected chi connectivity index (χ2v) is 5.37. The lowest BCUT2D eigenvalue weighted by Crippen LogP contribution is -2.21. The molecule has 0 aliphatic carbocycles. The van der Waals surface area contributed by atoms with Crippen LogP contribution in [-0.2, 0) is 6.54 Å². The first-order valence-electron chi connectivity index (χ1n) is 5.94. The molecule has 2 heterocycles. The van der Waals surface area contributed by atoms with Gasteiger partial charge in [-0.25, -0.2) is 13.8 Å². The van der Waals surface area contributed by atoms with Gasteiger partial charge in [0, 0.05) is 5.56 Å². The number of halogens is 2. The molecule has 6 heteroatoms. The van der Waals surface area contributed by atoms with Crippen LogP contribution in [0.25, 0.3) is 10.2 Å². The first-order valence-corrected chi connectivity index (χ1v) is 6.82. The topological polar surface area (TPSA) is 34.9 Å². The molecule has 102 valence electrons. The summed E-state index contributed by atoms with van der Waals surface area (Å²) in [5.74, 6) is -1.85. The monoisotopic (exact) mass is 292 g/mol. The van der Waals surface area contributed by atoms with Gasteiger partial charge in [0.15, 0.2) is 11.6 Å². The SMILES string of the molecule is Cc1csc2c(=O)n(Cc3cccc(F)c3F)cnc12. The summed E-state index contributed by atoms with van der Waals surface area (Å²) in [6, 6.07) is 3.92. The molecule has 0 radical (unpaired) electrons. The molecule has 0 unspecified atom stereocenters. The molecule has 0 bridgehead atoms. The number of hydrogen-bond acceptors (Lipinski definition) is 3. The second-order valence-electron chi connectivity index (χ2n) is 4.49. The van der Waals surface area contributed by atoms with Crippen LogP contribution in [0.4, 0.5) is 8.78 Å². The quantitative estimate of drug-likeness (QED) is 0.727. The Balaban J connectivity index is 2.09. The molecule has 0 spiro atoms. The summed E-state index contributed by atoms with van der Waals surface area (Å²) in [5.41, 5.74) is 1.49. The third kappa shape index (κ3) is 2.02. The average Bonchev–Trinajstić information content (AvgIpc) is 2.80. The Labute approximate surface area is 117 Å². The van der Waals surface area contributed by atoms with E-state index < -0.39 is 11.6 Å². The minimum atomic E-state index is -0.929. The fraction of sp³-hybridized carbons (Fsp3) is 0.143. The lowest BCUT2D eigenvalue weighted by Gasteiger charge is -2.07. The van der Waals surface area contributed by atoms with Gasteiger partial charge in [0.1, 0.15) is 4.70 Å². The van der Waals surface area contributed by atoms with Crippen molar-refractivity contribution in [2.24, 2.45) is 0 Å². The van der Waals surface area contributed by atoms with Crippen LogP contribution in [0.3, 0.4) is 0 Å². The van der Waals surface area contributed by atoms with E-state index in [1.54, 1.807) is 0 Å². The van der Waals surface area contributed by atoms with Crippen LogP contribution in [0.1, 0.15) is 11.1 Å². The summed E-state index contributed by atoms with van der Waals surface area (Å²) in [6.07, 6.45) is 1.37. The highest BCUT2D eigenvalue weighted by atomic mass is 32.1. The number of nitrogens with zero attached hydrogens (tertiary/aromatic N) is 2. The Bertz CT molecular complexity index is 854. The van der Waals surface area contributed by atoms with Crippen LogP contribution in [0, 0.1) is 18.6 Å². The molecule has 0 saturated carbocycles. The molecule has 0 amide bonds. The Hall–Kier alpha value is -2.08. The standard InChI is InChI=1S/C14H10F2N2OS/c1-8-6-20-13-12(8)17-7-18(14(13)19)5-9-3-2-4-10(15)11(9)16/h2-4,6-7H,5H2,1H3. The van der Waals surface area contributed by atoms with Crippen molar-refractivity contribution >= 4 is 21.6 Å². The summed E-state index contributed by atoms with van der Waals surface area (Å²) in [7, 11) is 0. The summed E-state index contributed by atoms with van der Waals surface area (Å²) in [6.45, 7) is 1.84. The van der Waals surface area contributed by atoms with E-state index in [2.05, 4.69) is 4.98 Å². The fourth-order valence-corrected chi connectivity index (χ4v) is 2.98. The van der Waals surface area contributed by atoms with Crippen LogP contribution in [-0.4, -0.2) is 9.55 Å². The van der Waals surface area contributed by atoms with E-state index >= 15 is 0 Å². The van der Waals surface area contributed by atoms with Gasteiger partial charge in [-0.3, -0.25) is 9.36 Å². The van der Waals surface area contributed by atoms with Gasteiger partial charge < -0.3 is 0 Å². The van der Waals surface area contributed by atoms with E-state index in [-0.39, 0.29) is 17.7 Å². The lowest BCUT2D eigenvalue weighted by atomic mass is 10.2. The van der Waals surface area contributed by atoms with Crippen molar-refractivity contribution in [1.82, 2.24) is 9.55 Å². The number of benzene rings is 1. The van der Waals surface area contributed by atoms with Crippen molar-refractivity contribution in [3.63, 3.8) is 0 Å². The minimum Gasteiger partial charge on any atom is -0.293 e. The van der Waals surface area contributed by atoms with Crippen LogP contribution < -0.4 is 5.56 Å². The third-order valence-corrected chi connectivity index (χ3v) is 4.17. The van der Waals surface area contributed by atoms with Crippen molar-refractivity contribution in [2.45, 2.75) is 13.5 Å². The van der Waals surface area contributed by atoms with Gasteiger partial charge >= 0.3 is 0 Å². The summed E-state index contributed by atoms with van der Waals surface area (Å²) < 4.78 is 28.6. The molecule has 0 aliphatic heterocycles. The van der Waals surface area contributed by atoms with E-state index in [9.17, 15) is 13.6 Å². The zero-order valence-corrected chi connectivity index (χ0v) is 11.4. The summed E-state index contributed by atoms with van der Waals surface area (Å²) >= 11 is 1.31. The smallest absolute Gasteiger partial charge is 0.271 e. The zero-order valence-electron chi connectivity index (χ0n) is 10.6. The normalized spacial score (nSPS) is 11.2. The third-order valence-electron chi connectivity index (χ3n) is 3.10. The van der Waals surface area contributed by atoms with E-state index in [1.807, 2.05) is 12.3 Å². The molecular weight excluding hydrogens is 282 g/mol. The molecule has 3 nitrogen and oxygen atoms in total. The highest BCUT2D eigenvalue weighted by Gasteiger charge is 2.12. The van der Waals surface area contributed by atoms with Crippen LogP contribution >= 0.6 is 11.3 Å². The average molecular weight is 292 g/mol. The first-order chi connectivity index (χ1) is 9.58. The van der Waals surface area contributed by atoms with Crippen molar-refractivity contribution in [3.8, 4) is 0 Å². The molecule has 0 atom stereocenters. The molecule has 0 fully saturated rings. The number of rotatable bonds is 2. The molecular formula is C14H10F2N2OS. The fourth-order valence-electron chi connectivity index (χ4n) is 2.03. The van der Waals surface area contributed by atoms with Crippen molar-refractivity contribution < 1.29 is 8.78 Å². The molecule has 20 heavy (non-hydrogen) atoms. The van der Waals surface area contributed by atoms with E-state index in [1.165, 1.54) is 34.4 Å². The Morgan fingerprint density at radius 2 is 2.15 bits per heavy atom. The minimum absolute atomic E-state index is 0.0394. The van der Waals surface area contributed by atoms with Crippen molar-refractivity contribution in [1.29, 1.82) is 0 Å². The predicted octanol–water partition coefficient (Wildman–Crippen LogP) is 3.09. The molecule has 3 aromatic rings. The molecule has 3 rings (SSSR count). The highest BCUT2D eigenvalue weighted by Crippen LogP contribution is 2.20. The molecule has 2 aromatic heterocycles. The maximum absolute atomic E-state index is 13.6. The van der Waals surface area contributed by atoms with Crippen LogP contribution in [0.15, 0.2) is 34.7 Å². The number of fused-ring (bicyclic) bond motifs is 1. The number of aromatic nitrogens is 2. The van der Waals surface area contributed by atoms with E-state index in [4.69, 9.17) is 0 Å². The lowest BCUT2D eigenvalue weighted by molar-refractivity contribution is 0.494. The first kappa shape index (κ1) is 12.9. The van der Waals surface area contributed by atoms with Crippen molar-refractivity contribution in [3.05, 3.63) is 63.0 Å². The van der Waals surface area contributed by atoms with E-state index in [0.717, 1.165) is 11.6 Å². The van der Waals surface area contributed by atoms with Gasteiger partial charge in [-0.2, -0.15) is 0 Å². The maximum Gasteiger partial charge on any atom is 0.271 e. The maximum atomic E-state index is 13.6. The molecule has 0 N–H and O–H groups in total. The zero-order chi connectivity index (χ0) is 14.3. The highest BCUT2D eigenvalue weighted by molar-refractivity contribution is 7.17. The summed E-state index contributed by atoms with van der Waals surface area (Å²) in [5, 5.41) is 1.85. The van der Waals surface area contributed by atoms with Gasteiger partial charge in [-0.05, 0) is 23.9 Å². The van der Waals surface area contributed by atoms with Gasteiger partial charge in [0.2, 0.25) is 0 Å². The molecule has 0 saturated heterocycles. The van der Waals surface area contributed by atoms with Gasteiger partial charge in [-0.1, -0.05) is 12.1 Å². The Morgan fingerprint density at radius 3 is 2.95 bits per heavy atom. The summed E-state index contributed by atoms with van der Waals surface area (Å²) in [4.78, 5) is 16.5. The number of hydrogen-bond donors (Lipinski definition) is 0. The van der Waals surface area contributed by atoms with Crippen LogP contribution in [0.5, 0.6) is 0 Å². The second kappa shape index (κ2) is 4.79. The van der Waals surface area contributed by atoms with Gasteiger partial charge in [-0.15, -0.1) is 11.3 Å². The molecule has 0 aliphatic rings. The van der Waals surface area contributed by atoms with Crippen LogP contribution in [0.2, 0.25) is 0 Å². The Morgan fingerprint density at radius 1 is 1.35 bits per heavy atom.